The highest BCUT2D eigenvalue weighted by atomic mass is 16.5. The summed E-state index contributed by atoms with van der Waals surface area (Å²) in [6, 6.07) is 6.84. The van der Waals surface area contributed by atoms with Crippen LogP contribution in [0.4, 0.5) is 5.95 Å². The van der Waals surface area contributed by atoms with Gasteiger partial charge in [-0.05, 0) is 24.6 Å². The lowest BCUT2D eigenvalue weighted by molar-refractivity contribution is 0.402. The Morgan fingerprint density at radius 2 is 2.14 bits per heavy atom. The lowest BCUT2D eigenvalue weighted by Gasteiger charge is -2.07. The highest BCUT2D eigenvalue weighted by Gasteiger charge is 2.03. The van der Waals surface area contributed by atoms with E-state index in [9.17, 15) is 4.79 Å². The predicted molar refractivity (Wildman–Crippen MR) is 85.0 cm³/mol. The first-order chi connectivity index (χ1) is 10.7. The van der Waals surface area contributed by atoms with Crippen molar-refractivity contribution in [3.63, 3.8) is 0 Å². The van der Waals surface area contributed by atoms with Crippen LogP contribution in [0.15, 0.2) is 34.2 Å². The summed E-state index contributed by atoms with van der Waals surface area (Å²) >= 11 is 0. The first-order valence-electron chi connectivity index (χ1n) is 6.77. The van der Waals surface area contributed by atoms with Crippen molar-refractivity contribution in [2.45, 2.75) is 13.3 Å². The molecule has 1 aromatic heterocycles. The molecule has 0 fully saturated rings. The maximum Gasteiger partial charge on any atom is 0.252 e. The molecule has 0 aliphatic heterocycles. The smallest absolute Gasteiger partial charge is 0.252 e. The summed E-state index contributed by atoms with van der Waals surface area (Å²) in [5, 5.41) is 4.07. The van der Waals surface area contributed by atoms with Gasteiger partial charge < -0.3 is 9.47 Å². The number of hydrogen-bond acceptors (Lipinski definition) is 6. The second kappa shape index (κ2) is 7.26. The van der Waals surface area contributed by atoms with Gasteiger partial charge in [0.15, 0.2) is 0 Å². The number of anilines is 1. The van der Waals surface area contributed by atoms with Crippen LogP contribution in [0.3, 0.4) is 0 Å². The van der Waals surface area contributed by atoms with Crippen molar-refractivity contribution in [2.24, 2.45) is 5.10 Å². The zero-order valence-electron chi connectivity index (χ0n) is 12.7. The van der Waals surface area contributed by atoms with Crippen molar-refractivity contribution in [1.29, 1.82) is 0 Å². The standard InChI is InChI=1S/C15H18N4O3/c1-4-11-8-14(20)18-15(17-11)19-16-9-10-7-12(21-2)5-6-13(10)22-3/h5-9H,4H2,1-3H3,(H2,17,18,19,20)/b16-9-. The van der Waals surface area contributed by atoms with Crippen molar-refractivity contribution in [3.05, 3.63) is 45.9 Å². The number of aromatic nitrogens is 2. The van der Waals surface area contributed by atoms with Crippen molar-refractivity contribution in [2.75, 3.05) is 19.6 Å². The van der Waals surface area contributed by atoms with E-state index in [4.69, 9.17) is 9.47 Å². The maximum atomic E-state index is 11.5. The molecule has 7 nitrogen and oxygen atoms in total. The largest absolute Gasteiger partial charge is 0.497 e. The number of ether oxygens (including phenoxy) is 2. The van der Waals surface area contributed by atoms with Gasteiger partial charge in [-0.2, -0.15) is 5.10 Å². The van der Waals surface area contributed by atoms with Crippen molar-refractivity contribution >= 4 is 12.2 Å². The summed E-state index contributed by atoms with van der Waals surface area (Å²) in [5.74, 6) is 1.65. The summed E-state index contributed by atoms with van der Waals surface area (Å²) in [7, 11) is 3.17. The minimum atomic E-state index is -0.219. The lowest BCUT2D eigenvalue weighted by atomic mass is 10.2. The van der Waals surface area contributed by atoms with E-state index in [1.807, 2.05) is 6.92 Å². The van der Waals surface area contributed by atoms with Gasteiger partial charge in [-0.3, -0.25) is 9.78 Å². The van der Waals surface area contributed by atoms with E-state index in [-0.39, 0.29) is 5.56 Å². The first kappa shape index (κ1) is 15.6. The molecule has 2 N–H and O–H groups in total. The van der Waals surface area contributed by atoms with Gasteiger partial charge in [-0.15, -0.1) is 0 Å². The van der Waals surface area contributed by atoms with Crippen LogP contribution in [0.25, 0.3) is 0 Å². The molecule has 1 aromatic carbocycles. The van der Waals surface area contributed by atoms with Crippen molar-refractivity contribution in [1.82, 2.24) is 9.97 Å². The summed E-state index contributed by atoms with van der Waals surface area (Å²) in [6.07, 6.45) is 2.24. The Hall–Kier alpha value is -2.83. The zero-order chi connectivity index (χ0) is 15.9. The third-order valence-corrected chi connectivity index (χ3v) is 2.97. The van der Waals surface area contributed by atoms with Gasteiger partial charge >= 0.3 is 0 Å². The molecule has 0 saturated heterocycles. The maximum absolute atomic E-state index is 11.5. The molecule has 116 valence electrons. The second-order valence-corrected chi connectivity index (χ2v) is 4.42. The van der Waals surface area contributed by atoms with Crippen LogP contribution in [-0.4, -0.2) is 30.4 Å². The fourth-order valence-electron chi connectivity index (χ4n) is 1.85. The van der Waals surface area contributed by atoms with Crippen LogP contribution in [0, 0.1) is 0 Å². The number of H-pyrrole nitrogens is 1. The van der Waals surface area contributed by atoms with Crippen LogP contribution >= 0.6 is 0 Å². The lowest BCUT2D eigenvalue weighted by Crippen LogP contribution is -2.11. The number of rotatable bonds is 6. The van der Waals surface area contributed by atoms with E-state index in [1.165, 1.54) is 6.07 Å². The van der Waals surface area contributed by atoms with Gasteiger partial charge in [0.2, 0.25) is 5.95 Å². The molecule has 0 saturated carbocycles. The first-order valence-corrected chi connectivity index (χ1v) is 6.77. The number of nitrogens with one attached hydrogen (secondary N) is 2. The topological polar surface area (TPSA) is 88.6 Å². The van der Waals surface area contributed by atoms with Gasteiger partial charge in [0, 0.05) is 17.3 Å². The monoisotopic (exact) mass is 302 g/mol. The second-order valence-electron chi connectivity index (χ2n) is 4.42. The predicted octanol–water partition coefficient (Wildman–Crippen LogP) is 1.80. The molecule has 0 bridgehead atoms. The molecule has 2 rings (SSSR count). The molecule has 0 spiro atoms. The van der Waals surface area contributed by atoms with Crippen molar-refractivity contribution < 1.29 is 9.47 Å². The summed E-state index contributed by atoms with van der Waals surface area (Å²) in [4.78, 5) is 18.3. The average molecular weight is 302 g/mol. The van der Waals surface area contributed by atoms with Crippen LogP contribution in [-0.2, 0) is 6.42 Å². The molecule has 0 atom stereocenters. The van der Waals surface area contributed by atoms with Gasteiger partial charge in [0.05, 0.1) is 20.4 Å². The Balaban J connectivity index is 2.19. The SMILES string of the molecule is CCc1cc(=O)[nH]c(N/N=C\c2cc(OC)ccc2OC)n1. The normalized spacial score (nSPS) is 10.7. The Morgan fingerprint density at radius 3 is 2.82 bits per heavy atom. The molecular formula is C15H18N4O3. The zero-order valence-corrected chi connectivity index (χ0v) is 12.7. The average Bonchev–Trinajstić information content (AvgIpc) is 2.54. The Kier molecular flexibility index (Phi) is 5.13. The molecular weight excluding hydrogens is 284 g/mol. The van der Waals surface area contributed by atoms with E-state index < -0.39 is 0 Å². The van der Waals surface area contributed by atoms with Crippen LogP contribution in [0.5, 0.6) is 11.5 Å². The van der Waals surface area contributed by atoms with E-state index in [0.717, 1.165) is 5.56 Å². The summed E-state index contributed by atoms with van der Waals surface area (Å²) in [6.45, 7) is 1.93. The van der Waals surface area contributed by atoms with Crippen LogP contribution < -0.4 is 20.5 Å². The third kappa shape index (κ3) is 3.85. The fourth-order valence-corrected chi connectivity index (χ4v) is 1.85. The third-order valence-electron chi connectivity index (χ3n) is 2.97. The highest BCUT2D eigenvalue weighted by Crippen LogP contribution is 2.22. The highest BCUT2D eigenvalue weighted by molar-refractivity contribution is 5.84. The number of benzene rings is 1. The number of aromatic amines is 1. The molecule has 1 heterocycles. The van der Waals surface area contributed by atoms with Gasteiger partial charge in [0.25, 0.3) is 5.56 Å². The molecule has 2 aromatic rings. The number of aryl methyl sites for hydroxylation is 1. The fraction of sp³-hybridized carbons (Fsp3) is 0.267. The molecule has 22 heavy (non-hydrogen) atoms. The molecule has 0 radical (unpaired) electrons. The van der Waals surface area contributed by atoms with Crippen LogP contribution in [0.2, 0.25) is 0 Å². The quantitative estimate of drug-likeness (QED) is 0.627. The summed E-state index contributed by atoms with van der Waals surface area (Å²) < 4.78 is 10.4. The van der Waals surface area contributed by atoms with E-state index >= 15 is 0 Å². The molecule has 0 unspecified atom stereocenters. The van der Waals surface area contributed by atoms with Crippen molar-refractivity contribution in [3.8, 4) is 11.5 Å². The number of nitrogens with zero attached hydrogens (tertiary/aromatic N) is 2. The molecule has 0 amide bonds. The van der Waals surface area contributed by atoms with E-state index in [1.54, 1.807) is 38.6 Å². The van der Waals surface area contributed by atoms with E-state index in [0.29, 0.717) is 29.6 Å². The molecule has 0 aliphatic carbocycles. The molecule has 7 heteroatoms. The minimum absolute atomic E-state index is 0.219. The number of methoxy groups -OCH3 is 2. The number of hydrogen-bond donors (Lipinski definition) is 2. The Morgan fingerprint density at radius 1 is 1.32 bits per heavy atom. The summed E-state index contributed by atoms with van der Waals surface area (Å²) in [5.41, 5.74) is 3.92. The van der Waals surface area contributed by atoms with Gasteiger partial charge in [0.1, 0.15) is 11.5 Å². The van der Waals surface area contributed by atoms with Crippen LogP contribution in [0.1, 0.15) is 18.2 Å². The molecule has 0 aliphatic rings. The van der Waals surface area contributed by atoms with E-state index in [2.05, 4.69) is 20.5 Å². The number of hydrazone groups is 1. The van der Waals surface area contributed by atoms with Gasteiger partial charge in [-0.25, -0.2) is 10.4 Å². The van der Waals surface area contributed by atoms with Gasteiger partial charge in [-0.1, -0.05) is 6.92 Å². The minimum Gasteiger partial charge on any atom is -0.497 e. The Labute approximate surface area is 128 Å². The Bertz CT molecular complexity index is 725.